The number of amides is 1. The number of carbonyl (C=O) groups is 1. The molecule has 0 aliphatic heterocycles. The summed E-state index contributed by atoms with van der Waals surface area (Å²) in [5.41, 5.74) is 7.67. The number of aryl methyl sites for hydroxylation is 1. The molecule has 0 fully saturated rings. The second kappa shape index (κ2) is 5.89. The molecule has 0 atom stereocenters. The average molecular weight is 234 g/mol. The van der Waals surface area contributed by atoms with Crippen LogP contribution in [0.1, 0.15) is 5.56 Å². The van der Waals surface area contributed by atoms with Gasteiger partial charge in [0.25, 0.3) is 0 Å². The summed E-state index contributed by atoms with van der Waals surface area (Å²) >= 11 is 0. The van der Waals surface area contributed by atoms with Crippen LogP contribution < -0.4 is 11.1 Å². The van der Waals surface area contributed by atoms with E-state index < -0.39 is 0 Å². The summed E-state index contributed by atoms with van der Waals surface area (Å²) in [6.45, 7) is 2.05. The summed E-state index contributed by atoms with van der Waals surface area (Å²) < 4.78 is 0. The minimum atomic E-state index is -0.0843. The Morgan fingerprint density at radius 3 is 2.76 bits per heavy atom. The third kappa shape index (κ3) is 4.55. The molecule has 0 spiro atoms. The van der Waals surface area contributed by atoms with E-state index in [1.807, 2.05) is 31.2 Å². The number of nitrogens with zero attached hydrogens (tertiary/aromatic N) is 2. The average Bonchev–Trinajstić information content (AvgIpc) is 2.25. The Labute approximate surface area is 101 Å². The first-order valence-corrected chi connectivity index (χ1v) is 5.33. The van der Waals surface area contributed by atoms with Crippen molar-refractivity contribution in [3.8, 4) is 0 Å². The standard InChI is InChI=1S/C12H18N4O/c1-9-5-4-6-10(7-9)15-12(13)14-8-11(17)16(2)3/h4-7H,8H2,1-3H3,(H3,13,14,15). The highest BCUT2D eigenvalue weighted by molar-refractivity contribution is 5.93. The number of anilines is 1. The topological polar surface area (TPSA) is 70.7 Å². The Bertz CT molecular complexity index is 426. The van der Waals surface area contributed by atoms with E-state index in [1.54, 1.807) is 14.1 Å². The maximum Gasteiger partial charge on any atom is 0.243 e. The maximum atomic E-state index is 11.3. The number of aliphatic imine (C=N–C) groups is 1. The minimum absolute atomic E-state index is 0.0532. The predicted octanol–water partition coefficient (Wildman–Crippen LogP) is 0.810. The van der Waals surface area contributed by atoms with Gasteiger partial charge in [-0.15, -0.1) is 0 Å². The lowest BCUT2D eigenvalue weighted by Gasteiger charge is -2.09. The van der Waals surface area contributed by atoms with Crippen molar-refractivity contribution in [1.29, 1.82) is 0 Å². The van der Waals surface area contributed by atoms with Gasteiger partial charge in [-0.2, -0.15) is 0 Å². The molecule has 0 radical (unpaired) electrons. The van der Waals surface area contributed by atoms with Crippen LogP contribution in [0.4, 0.5) is 5.69 Å². The number of nitrogens with two attached hydrogens (primary N) is 1. The zero-order chi connectivity index (χ0) is 12.8. The smallest absolute Gasteiger partial charge is 0.243 e. The molecule has 0 heterocycles. The number of hydrogen-bond acceptors (Lipinski definition) is 2. The summed E-state index contributed by atoms with van der Waals surface area (Å²) in [4.78, 5) is 16.7. The molecule has 0 aromatic heterocycles. The molecule has 0 saturated heterocycles. The van der Waals surface area contributed by atoms with Crippen molar-refractivity contribution in [2.75, 3.05) is 26.0 Å². The summed E-state index contributed by atoms with van der Waals surface area (Å²) in [6.07, 6.45) is 0. The van der Waals surface area contributed by atoms with E-state index in [-0.39, 0.29) is 18.4 Å². The van der Waals surface area contributed by atoms with Crippen molar-refractivity contribution in [1.82, 2.24) is 4.90 Å². The first-order chi connectivity index (χ1) is 7.99. The van der Waals surface area contributed by atoms with Crippen molar-refractivity contribution in [3.63, 3.8) is 0 Å². The number of nitrogens with one attached hydrogen (secondary N) is 1. The molecule has 1 aromatic rings. The second-order valence-corrected chi connectivity index (χ2v) is 3.98. The monoisotopic (exact) mass is 234 g/mol. The normalized spacial score (nSPS) is 11.1. The van der Waals surface area contributed by atoms with E-state index in [1.165, 1.54) is 4.90 Å². The Balaban J connectivity index is 2.57. The van der Waals surface area contributed by atoms with E-state index in [0.29, 0.717) is 0 Å². The molecule has 0 aliphatic rings. The van der Waals surface area contributed by atoms with E-state index in [0.717, 1.165) is 11.3 Å². The summed E-state index contributed by atoms with van der Waals surface area (Å²) in [6, 6.07) is 7.77. The Hall–Kier alpha value is -2.04. The van der Waals surface area contributed by atoms with Crippen molar-refractivity contribution in [3.05, 3.63) is 29.8 Å². The molecule has 0 saturated carbocycles. The van der Waals surface area contributed by atoms with Gasteiger partial charge in [0.15, 0.2) is 5.96 Å². The molecule has 3 N–H and O–H groups in total. The lowest BCUT2D eigenvalue weighted by molar-refractivity contribution is -0.127. The zero-order valence-electron chi connectivity index (χ0n) is 10.4. The summed E-state index contributed by atoms with van der Waals surface area (Å²) in [5.74, 6) is 0.157. The van der Waals surface area contributed by atoms with E-state index in [9.17, 15) is 4.79 Å². The highest BCUT2D eigenvalue weighted by Crippen LogP contribution is 2.08. The third-order valence-electron chi connectivity index (χ3n) is 2.17. The van der Waals surface area contributed by atoms with Crippen LogP contribution in [-0.4, -0.2) is 37.4 Å². The van der Waals surface area contributed by atoms with Crippen molar-refractivity contribution < 1.29 is 4.79 Å². The largest absolute Gasteiger partial charge is 0.370 e. The Morgan fingerprint density at radius 1 is 1.47 bits per heavy atom. The first-order valence-electron chi connectivity index (χ1n) is 5.33. The molecule has 1 rings (SSSR count). The molecule has 5 nitrogen and oxygen atoms in total. The predicted molar refractivity (Wildman–Crippen MR) is 70.0 cm³/mol. The van der Waals surface area contributed by atoms with Crippen molar-refractivity contribution in [2.24, 2.45) is 10.7 Å². The fourth-order valence-corrected chi connectivity index (χ4v) is 1.20. The number of rotatable bonds is 3. The van der Waals surface area contributed by atoms with E-state index in [4.69, 9.17) is 5.73 Å². The lowest BCUT2D eigenvalue weighted by atomic mass is 10.2. The van der Waals surface area contributed by atoms with E-state index in [2.05, 4.69) is 10.3 Å². The van der Waals surface area contributed by atoms with Gasteiger partial charge < -0.3 is 16.0 Å². The number of carbonyl (C=O) groups excluding carboxylic acids is 1. The van der Waals surface area contributed by atoms with Crippen molar-refractivity contribution in [2.45, 2.75) is 6.92 Å². The molecule has 5 heteroatoms. The summed E-state index contributed by atoms with van der Waals surface area (Å²) in [5, 5.41) is 2.93. The molecule has 0 bridgehead atoms. The fourth-order valence-electron chi connectivity index (χ4n) is 1.20. The van der Waals surface area contributed by atoms with Gasteiger partial charge in [-0.1, -0.05) is 12.1 Å². The molecular formula is C12H18N4O. The van der Waals surface area contributed by atoms with Gasteiger partial charge in [0, 0.05) is 19.8 Å². The molecule has 92 valence electrons. The van der Waals surface area contributed by atoms with Gasteiger partial charge in [-0.05, 0) is 24.6 Å². The van der Waals surface area contributed by atoms with Crippen molar-refractivity contribution >= 4 is 17.6 Å². The molecule has 0 unspecified atom stereocenters. The summed E-state index contributed by atoms with van der Waals surface area (Å²) in [7, 11) is 3.37. The van der Waals surface area contributed by atoms with Crippen LogP contribution in [0.25, 0.3) is 0 Å². The highest BCUT2D eigenvalue weighted by atomic mass is 16.2. The zero-order valence-corrected chi connectivity index (χ0v) is 10.4. The molecule has 1 amide bonds. The minimum Gasteiger partial charge on any atom is -0.370 e. The SMILES string of the molecule is Cc1cccc(NC(N)=NCC(=O)N(C)C)c1. The van der Waals surface area contributed by atoms with Crippen LogP contribution in [0, 0.1) is 6.92 Å². The third-order valence-corrected chi connectivity index (χ3v) is 2.17. The second-order valence-electron chi connectivity index (χ2n) is 3.98. The maximum absolute atomic E-state index is 11.3. The van der Waals surface area contributed by atoms with E-state index >= 15 is 0 Å². The molecule has 1 aromatic carbocycles. The highest BCUT2D eigenvalue weighted by Gasteiger charge is 2.02. The molecule has 17 heavy (non-hydrogen) atoms. The fraction of sp³-hybridized carbons (Fsp3) is 0.333. The van der Waals surface area contributed by atoms with Crippen LogP contribution in [0.3, 0.4) is 0 Å². The Kier molecular flexibility index (Phi) is 4.51. The van der Waals surface area contributed by atoms with Gasteiger partial charge in [0.1, 0.15) is 6.54 Å². The van der Waals surface area contributed by atoms with Crippen LogP contribution in [0.15, 0.2) is 29.3 Å². The van der Waals surface area contributed by atoms with Crippen LogP contribution >= 0.6 is 0 Å². The molecule has 0 aliphatic carbocycles. The first kappa shape index (κ1) is 13.0. The number of likely N-dealkylation sites (N-methyl/N-ethyl adjacent to an activating group) is 1. The van der Waals surface area contributed by atoms with Gasteiger partial charge in [0.2, 0.25) is 5.91 Å². The Morgan fingerprint density at radius 2 is 2.18 bits per heavy atom. The van der Waals surface area contributed by atoms with Gasteiger partial charge in [-0.3, -0.25) is 4.79 Å². The van der Waals surface area contributed by atoms with Gasteiger partial charge in [-0.25, -0.2) is 4.99 Å². The number of hydrogen-bond donors (Lipinski definition) is 2. The van der Waals surface area contributed by atoms with Crippen LogP contribution in [0.2, 0.25) is 0 Å². The lowest BCUT2D eigenvalue weighted by Crippen LogP contribution is -2.28. The van der Waals surface area contributed by atoms with Crippen LogP contribution in [-0.2, 0) is 4.79 Å². The van der Waals surface area contributed by atoms with Gasteiger partial charge >= 0.3 is 0 Å². The number of benzene rings is 1. The van der Waals surface area contributed by atoms with Gasteiger partial charge in [0.05, 0.1) is 0 Å². The molecular weight excluding hydrogens is 216 g/mol. The number of guanidine groups is 1. The quantitative estimate of drug-likeness (QED) is 0.600. The van der Waals surface area contributed by atoms with Crippen LogP contribution in [0.5, 0.6) is 0 Å².